The quantitative estimate of drug-likeness (QED) is 0.682. The van der Waals surface area contributed by atoms with Crippen LogP contribution < -0.4 is 0 Å². The van der Waals surface area contributed by atoms with E-state index in [-0.39, 0.29) is 0 Å². The van der Waals surface area contributed by atoms with Gasteiger partial charge in [-0.15, -0.1) is 0 Å². The maximum Gasteiger partial charge on any atom is 0.259 e. The molecule has 0 saturated carbocycles. The molecule has 0 heterocycles. The number of carbonyl (C=O) groups is 1. The SMILES string of the molecule is CCCC(O)C(F)C(=O)N(C)C. The van der Waals surface area contributed by atoms with E-state index in [0.717, 1.165) is 4.90 Å². The van der Waals surface area contributed by atoms with E-state index < -0.39 is 18.2 Å². The fourth-order valence-electron chi connectivity index (χ4n) is 0.853. The Morgan fingerprint density at radius 2 is 2.08 bits per heavy atom. The van der Waals surface area contributed by atoms with Gasteiger partial charge in [-0.2, -0.15) is 0 Å². The molecular formula is C8H16FNO2. The Morgan fingerprint density at radius 3 is 2.42 bits per heavy atom. The van der Waals surface area contributed by atoms with Gasteiger partial charge in [0.15, 0.2) is 0 Å². The highest BCUT2D eigenvalue weighted by molar-refractivity contribution is 5.80. The fraction of sp³-hybridized carbons (Fsp3) is 0.875. The van der Waals surface area contributed by atoms with Gasteiger partial charge in [0.05, 0.1) is 6.10 Å². The molecule has 0 spiro atoms. The third-order valence-electron chi connectivity index (χ3n) is 1.60. The molecule has 0 rings (SSSR count). The number of alkyl halides is 1. The maximum atomic E-state index is 13.0. The molecule has 0 aliphatic carbocycles. The minimum atomic E-state index is -1.78. The minimum absolute atomic E-state index is 0.320. The average Bonchev–Trinajstić information content (AvgIpc) is 2.02. The van der Waals surface area contributed by atoms with E-state index in [1.165, 1.54) is 14.1 Å². The van der Waals surface area contributed by atoms with Crippen LogP contribution in [0.15, 0.2) is 0 Å². The van der Waals surface area contributed by atoms with E-state index in [1.807, 2.05) is 6.92 Å². The van der Waals surface area contributed by atoms with Crippen LogP contribution >= 0.6 is 0 Å². The summed E-state index contributed by atoms with van der Waals surface area (Å²) in [6.45, 7) is 1.83. The van der Waals surface area contributed by atoms with Gasteiger partial charge in [0.1, 0.15) is 0 Å². The zero-order valence-corrected chi connectivity index (χ0v) is 7.75. The molecule has 2 unspecified atom stereocenters. The molecule has 0 saturated heterocycles. The molecule has 0 aromatic carbocycles. The van der Waals surface area contributed by atoms with Crippen LogP contribution in [0.1, 0.15) is 19.8 Å². The molecule has 1 amide bonds. The van der Waals surface area contributed by atoms with Crippen molar-refractivity contribution in [2.45, 2.75) is 32.0 Å². The van der Waals surface area contributed by atoms with Crippen molar-refractivity contribution < 1.29 is 14.3 Å². The maximum absolute atomic E-state index is 13.0. The third-order valence-corrected chi connectivity index (χ3v) is 1.60. The van der Waals surface area contributed by atoms with Gasteiger partial charge in [-0.05, 0) is 6.42 Å². The van der Waals surface area contributed by atoms with Gasteiger partial charge < -0.3 is 10.0 Å². The smallest absolute Gasteiger partial charge is 0.259 e. The Hall–Kier alpha value is -0.640. The first-order chi connectivity index (χ1) is 5.50. The summed E-state index contributed by atoms with van der Waals surface area (Å²) in [7, 11) is 2.93. The van der Waals surface area contributed by atoms with E-state index in [0.29, 0.717) is 12.8 Å². The predicted octanol–water partition coefficient (Wildman–Crippen LogP) is 0.574. The zero-order chi connectivity index (χ0) is 9.72. The van der Waals surface area contributed by atoms with E-state index in [1.54, 1.807) is 0 Å². The second-order valence-electron chi connectivity index (χ2n) is 2.99. The van der Waals surface area contributed by atoms with Crippen LogP contribution in [-0.2, 0) is 4.79 Å². The first-order valence-electron chi connectivity index (χ1n) is 4.04. The Labute approximate surface area is 72.2 Å². The molecule has 1 N–H and O–H groups in total. The lowest BCUT2D eigenvalue weighted by molar-refractivity contribution is -0.138. The summed E-state index contributed by atoms with van der Waals surface area (Å²) in [5.74, 6) is -0.670. The third kappa shape index (κ3) is 3.17. The Kier molecular flexibility index (Phi) is 4.81. The van der Waals surface area contributed by atoms with E-state index in [4.69, 9.17) is 5.11 Å². The van der Waals surface area contributed by atoms with Gasteiger partial charge in [-0.3, -0.25) is 4.79 Å². The van der Waals surface area contributed by atoms with Crippen LogP contribution in [0.4, 0.5) is 4.39 Å². The lowest BCUT2D eigenvalue weighted by Gasteiger charge is -2.18. The predicted molar refractivity (Wildman–Crippen MR) is 44.5 cm³/mol. The van der Waals surface area contributed by atoms with Crippen LogP contribution in [-0.4, -0.2) is 42.3 Å². The number of nitrogens with zero attached hydrogens (tertiary/aromatic N) is 1. The topological polar surface area (TPSA) is 40.5 Å². The molecule has 0 fully saturated rings. The minimum Gasteiger partial charge on any atom is -0.390 e. The second-order valence-corrected chi connectivity index (χ2v) is 2.99. The molecule has 0 aromatic heterocycles. The van der Waals surface area contributed by atoms with E-state index >= 15 is 0 Å². The summed E-state index contributed by atoms with van der Waals surface area (Å²) in [6.07, 6.45) is -1.95. The average molecular weight is 177 g/mol. The number of aliphatic hydroxyl groups excluding tert-OH is 1. The van der Waals surface area contributed by atoms with Gasteiger partial charge >= 0.3 is 0 Å². The lowest BCUT2D eigenvalue weighted by atomic mass is 10.1. The van der Waals surface area contributed by atoms with Crippen LogP contribution in [0.25, 0.3) is 0 Å². The first-order valence-corrected chi connectivity index (χ1v) is 4.04. The van der Waals surface area contributed by atoms with Crippen molar-refractivity contribution in [3.05, 3.63) is 0 Å². The lowest BCUT2D eigenvalue weighted by Crippen LogP contribution is -2.38. The van der Waals surface area contributed by atoms with Crippen molar-refractivity contribution >= 4 is 5.91 Å². The number of aliphatic hydroxyl groups is 1. The molecule has 2 atom stereocenters. The van der Waals surface area contributed by atoms with Crippen LogP contribution in [0.3, 0.4) is 0 Å². The number of rotatable bonds is 4. The van der Waals surface area contributed by atoms with Crippen molar-refractivity contribution in [1.82, 2.24) is 4.90 Å². The number of hydrogen-bond acceptors (Lipinski definition) is 2. The summed E-state index contributed by atoms with van der Waals surface area (Å²) in [6, 6.07) is 0. The highest BCUT2D eigenvalue weighted by Gasteiger charge is 2.26. The molecule has 72 valence electrons. The molecule has 0 aliphatic rings. The zero-order valence-electron chi connectivity index (χ0n) is 7.75. The standard InChI is InChI=1S/C8H16FNO2/c1-4-5-6(11)7(9)8(12)10(2)3/h6-7,11H,4-5H2,1-3H3. The van der Waals surface area contributed by atoms with Crippen molar-refractivity contribution in [2.24, 2.45) is 0 Å². The summed E-state index contributed by atoms with van der Waals surface area (Å²) in [5, 5.41) is 9.11. The number of halogens is 1. The first kappa shape index (κ1) is 11.4. The molecular weight excluding hydrogens is 161 g/mol. The van der Waals surface area contributed by atoms with Crippen LogP contribution in [0.5, 0.6) is 0 Å². The highest BCUT2D eigenvalue weighted by atomic mass is 19.1. The molecule has 0 aliphatic heterocycles. The summed E-state index contributed by atoms with van der Waals surface area (Å²) < 4.78 is 13.0. The Balaban J connectivity index is 4.00. The van der Waals surface area contributed by atoms with Gasteiger partial charge in [0.2, 0.25) is 6.17 Å². The number of amides is 1. The van der Waals surface area contributed by atoms with Gasteiger partial charge in [-0.25, -0.2) is 4.39 Å². The van der Waals surface area contributed by atoms with Gasteiger partial charge in [-0.1, -0.05) is 13.3 Å². The van der Waals surface area contributed by atoms with E-state index in [2.05, 4.69) is 0 Å². The summed E-state index contributed by atoms with van der Waals surface area (Å²) in [4.78, 5) is 12.1. The monoisotopic (exact) mass is 177 g/mol. The molecule has 0 radical (unpaired) electrons. The Bertz CT molecular complexity index is 150. The summed E-state index contributed by atoms with van der Waals surface area (Å²) >= 11 is 0. The van der Waals surface area contributed by atoms with Crippen LogP contribution in [0, 0.1) is 0 Å². The normalized spacial score (nSPS) is 15.4. The van der Waals surface area contributed by atoms with Crippen molar-refractivity contribution in [2.75, 3.05) is 14.1 Å². The molecule has 0 bridgehead atoms. The van der Waals surface area contributed by atoms with Crippen molar-refractivity contribution in [3.63, 3.8) is 0 Å². The molecule has 12 heavy (non-hydrogen) atoms. The van der Waals surface area contributed by atoms with Gasteiger partial charge in [0, 0.05) is 14.1 Å². The highest BCUT2D eigenvalue weighted by Crippen LogP contribution is 2.07. The van der Waals surface area contributed by atoms with Crippen LogP contribution in [0.2, 0.25) is 0 Å². The molecule has 4 heteroatoms. The molecule has 0 aromatic rings. The summed E-state index contributed by atoms with van der Waals surface area (Å²) in [5.41, 5.74) is 0. The molecule has 3 nitrogen and oxygen atoms in total. The number of hydrogen-bond donors (Lipinski definition) is 1. The number of carbonyl (C=O) groups excluding carboxylic acids is 1. The van der Waals surface area contributed by atoms with Crippen molar-refractivity contribution in [1.29, 1.82) is 0 Å². The van der Waals surface area contributed by atoms with Crippen molar-refractivity contribution in [3.8, 4) is 0 Å². The Morgan fingerprint density at radius 1 is 1.58 bits per heavy atom. The van der Waals surface area contributed by atoms with Gasteiger partial charge in [0.25, 0.3) is 5.91 Å². The fourth-order valence-corrected chi connectivity index (χ4v) is 0.853. The van der Waals surface area contributed by atoms with E-state index in [9.17, 15) is 9.18 Å². The second kappa shape index (κ2) is 5.09. The largest absolute Gasteiger partial charge is 0.390 e.